The lowest BCUT2D eigenvalue weighted by Gasteiger charge is -2.30. The topological polar surface area (TPSA) is 102 Å². The highest BCUT2D eigenvalue weighted by molar-refractivity contribution is 5.82. The molecular formula is C11H22N2O4. The van der Waals surface area contributed by atoms with Crippen molar-refractivity contribution in [2.45, 2.75) is 37.3 Å². The fourth-order valence-electron chi connectivity index (χ4n) is 1.87. The van der Waals surface area contributed by atoms with Crippen LogP contribution in [-0.2, 0) is 4.79 Å². The number of hydrogen-bond acceptors (Lipinski definition) is 5. The van der Waals surface area contributed by atoms with Crippen LogP contribution in [0.15, 0.2) is 0 Å². The minimum absolute atomic E-state index is 0.274. The Morgan fingerprint density at radius 3 is 2.41 bits per heavy atom. The zero-order valence-electron chi connectivity index (χ0n) is 9.98. The second-order valence-electron chi connectivity index (χ2n) is 4.60. The molecule has 1 rings (SSSR count). The molecule has 1 atom stereocenters. The Balaban J connectivity index is 2.56. The molecule has 0 aromatic heterocycles. The summed E-state index contributed by atoms with van der Waals surface area (Å²) in [4.78, 5) is 11.9. The number of rotatable bonds is 5. The molecule has 0 aromatic rings. The molecule has 0 spiro atoms. The standard InChI is InChI=1S/C11H22N2O4/c14-6-11(7-15,8-16)13-10(17)9-4-2-1-3-5-12-9/h9,12,14-16H,1-8H2,(H,13,17). The first kappa shape index (κ1) is 14.4. The molecule has 0 aromatic carbocycles. The van der Waals surface area contributed by atoms with Gasteiger partial charge in [0.05, 0.1) is 25.9 Å². The number of aliphatic hydroxyl groups excluding tert-OH is 3. The zero-order valence-corrected chi connectivity index (χ0v) is 9.98. The molecule has 17 heavy (non-hydrogen) atoms. The van der Waals surface area contributed by atoms with E-state index in [1.807, 2.05) is 0 Å². The van der Waals surface area contributed by atoms with Crippen LogP contribution in [0, 0.1) is 0 Å². The quantitative estimate of drug-likeness (QED) is 0.400. The smallest absolute Gasteiger partial charge is 0.237 e. The maximum atomic E-state index is 11.9. The monoisotopic (exact) mass is 246 g/mol. The average Bonchev–Trinajstić information content (AvgIpc) is 2.65. The maximum Gasteiger partial charge on any atom is 0.237 e. The summed E-state index contributed by atoms with van der Waals surface area (Å²) in [5.74, 6) is -0.274. The largest absolute Gasteiger partial charge is 0.394 e. The van der Waals surface area contributed by atoms with Gasteiger partial charge in [0.25, 0.3) is 0 Å². The Labute approximate surface area is 101 Å². The molecule has 1 aliphatic rings. The molecular weight excluding hydrogens is 224 g/mol. The molecule has 1 amide bonds. The van der Waals surface area contributed by atoms with Crippen molar-refractivity contribution < 1.29 is 20.1 Å². The van der Waals surface area contributed by atoms with Crippen molar-refractivity contribution >= 4 is 5.91 Å². The van der Waals surface area contributed by atoms with Gasteiger partial charge in [-0.3, -0.25) is 4.79 Å². The third-order valence-electron chi connectivity index (χ3n) is 3.17. The van der Waals surface area contributed by atoms with Crippen molar-refractivity contribution in [3.05, 3.63) is 0 Å². The van der Waals surface area contributed by atoms with Gasteiger partial charge in [-0.2, -0.15) is 0 Å². The van der Waals surface area contributed by atoms with Crippen LogP contribution in [0.5, 0.6) is 0 Å². The molecule has 6 nitrogen and oxygen atoms in total. The van der Waals surface area contributed by atoms with Gasteiger partial charge in [-0.05, 0) is 19.4 Å². The van der Waals surface area contributed by atoms with Crippen molar-refractivity contribution in [1.29, 1.82) is 0 Å². The Morgan fingerprint density at radius 2 is 1.82 bits per heavy atom. The predicted molar refractivity (Wildman–Crippen MR) is 62.4 cm³/mol. The van der Waals surface area contributed by atoms with E-state index in [0.717, 1.165) is 32.2 Å². The van der Waals surface area contributed by atoms with Gasteiger partial charge in [0.1, 0.15) is 5.54 Å². The first-order chi connectivity index (χ1) is 8.17. The SMILES string of the molecule is O=C(NC(CO)(CO)CO)C1CCCCCN1. The minimum atomic E-state index is -1.33. The Kier molecular flexibility index (Phi) is 5.84. The Morgan fingerprint density at radius 1 is 1.18 bits per heavy atom. The zero-order chi connectivity index (χ0) is 12.7. The van der Waals surface area contributed by atoms with Gasteiger partial charge < -0.3 is 26.0 Å². The molecule has 1 fully saturated rings. The molecule has 0 radical (unpaired) electrons. The van der Waals surface area contributed by atoms with Crippen LogP contribution in [-0.4, -0.2) is 59.2 Å². The molecule has 1 heterocycles. The van der Waals surface area contributed by atoms with Gasteiger partial charge in [-0.1, -0.05) is 12.8 Å². The van der Waals surface area contributed by atoms with Crippen LogP contribution in [0.25, 0.3) is 0 Å². The van der Waals surface area contributed by atoms with Crippen LogP contribution in [0.4, 0.5) is 0 Å². The highest BCUT2D eigenvalue weighted by Gasteiger charge is 2.32. The van der Waals surface area contributed by atoms with Gasteiger partial charge >= 0.3 is 0 Å². The fraction of sp³-hybridized carbons (Fsp3) is 0.909. The molecule has 1 aliphatic heterocycles. The first-order valence-corrected chi connectivity index (χ1v) is 6.05. The molecule has 6 heteroatoms. The van der Waals surface area contributed by atoms with Gasteiger partial charge in [0.2, 0.25) is 5.91 Å². The number of carbonyl (C=O) groups is 1. The summed E-state index contributed by atoms with van der Waals surface area (Å²) in [7, 11) is 0. The van der Waals surface area contributed by atoms with E-state index in [1.165, 1.54) is 0 Å². The highest BCUT2D eigenvalue weighted by Crippen LogP contribution is 2.10. The molecule has 1 unspecified atom stereocenters. The van der Waals surface area contributed by atoms with Gasteiger partial charge in [-0.15, -0.1) is 0 Å². The van der Waals surface area contributed by atoms with Gasteiger partial charge in [0, 0.05) is 0 Å². The summed E-state index contributed by atoms with van der Waals surface area (Å²) in [6.45, 7) is -0.669. The van der Waals surface area contributed by atoms with E-state index in [4.69, 9.17) is 15.3 Å². The van der Waals surface area contributed by atoms with Crippen molar-refractivity contribution in [3.8, 4) is 0 Å². The molecule has 0 saturated carbocycles. The third-order valence-corrected chi connectivity index (χ3v) is 3.17. The second-order valence-corrected chi connectivity index (χ2v) is 4.60. The maximum absolute atomic E-state index is 11.9. The number of aliphatic hydroxyl groups is 3. The lowest BCUT2D eigenvalue weighted by molar-refractivity contribution is -0.127. The van der Waals surface area contributed by atoms with E-state index in [2.05, 4.69) is 10.6 Å². The lowest BCUT2D eigenvalue weighted by atomic mass is 10.0. The normalized spacial score (nSPS) is 21.9. The van der Waals surface area contributed by atoms with Crippen LogP contribution >= 0.6 is 0 Å². The highest BCUT2D eigenvalue weighted by atomic mass is 16.3. The molecule has 0 aliphatic carbocycles. The molecule has 100 valence electrons. The van der Waals surface area contributed by atoms with E-state index in [1.54, 1.807) is 0 Å². The number of nitrogens with one attached hydrogen (secondary N) is 2. The van der Waals surface area contributed by atoms with E-state index in [-0.39, 0.29) is 11.9 Å². The lowest BCUT2D eigenvalue weighted by Crippen LogP contribution is -2.60. The summed E-state index contributed by atoms with van der Waals surface area (Å²) in [6.07, 6.45) is 3.87. The van der Waals surface area contributed by atoms with Crippen molar-refractivity contribution in [2.75, 3.05) is 26.4 Å². The van der Waals surface area contributed by atoms with Crippen LogP contribution < -0.4 is 10.6 Å². The van der Waals surface area contributed by atoms with Crippen molar-refractivity contribution in [3.63, 3.8) is 0 Å². The van der Waals surface area contributed by atoms with Crippen LogP contribution in [0.2, 0.25) is 0 Å². The van der Waals surface area contributed by atoms with Gasteiger partial charge in [0.15, 0.2) is 0 Å². The molecule has 1 saturated heterocycles. The van der Waals surface area contributed by atoms with E-state index in [0.29, 0.717) is 0 Å². The average molecular weight is 246 g/mol. The Hall–Kier alpha value is -0.690. The number of carbonyl (C=O) groups excluding carboxylic acids is 1. The minimum Gasteiger partial charge on any atom is -0.394 e. The van der Waals surface area contributed by atoms with Crippen LogP contribution in [0.1, 0.15) is 25.7 Å². The number of amides is 1. The Bertz CT molecular complexity index is 227. The van der Waals surface area contributed by atoms with Gasteiger partial charge in [-0.25, -0.2) is 0 Å². The fourth-order valence-corrected chi connectivity index (χ4v) is 1.87. The predicted octanol–water partition coefficient (Wildman–Crippen LogP) is -1.65. The second kappa shape index (κ2) is 6.90. The summed E-state index contributed by atoms with van der Waals surface area (Å²) in [5, 5.41) is 33.0. The van der Waals surface area contributed by atoms with Crippen LogP contribution in [0.3, 0.4) is 0 Å². The summed E-state index contributed by atoms with van der Waals surface area (Å²) >= 11 is 0. The molecule has 5 N–H and O–H groups in total. The summed E-state index contributed by atoms with van der Waals surface area (Å²) in [6, 6.07) is -0.304. The summed E-state index contributed by atoms with van der Waals surface area (Å²) < 4.78 is 0. The van der Waals surface area contributed by atoms with Crippen molar-refractivity contribution in [1.82, 2.24) is 10.6 Å². The van der Waals surface area contributed by atoms with E-state index < -0.39 is 25.4 Å². The summed E-state index contributed by atoms with van der Waals surface area (Å²) in [5.41, 5.74) is -1.33. The third kappa shape index (κ3) is 3.92. The number of hydrogen-bond donors (Lipinski definition) is 5. The molecule has 0 bridgehead atoms. The van der Waals surface area contributed by atoms with E-state index in [9.17, 15) is 4.79 Å². The first-order valence-electron chi connectivity index (χ1n) is 6.05. The van der Waals surface area contributed by atoms with Crippen molar-refractivity contribution in [2.24, 2.45) is 0 Å². The van der Waals surface area contributed by atoms with E-state index >= 15 is 0 Å².